The molecule has 1 aromatic carbocycles. The smallest absolute Gasteiger partial charge is 0.289 e. The lowest BCUT2D eigenvalue weighted by Crippen LogP contribution is -2.49. The Morgan fingerprint density at radius 1 is 1.08 bits per heavy atom. The van der Waals surface area contributed by atoms with Gasteiger partial charge in [0, 0.05) is 31.6 Å². The zero-order chi connectivity index (χ0) is 18.3. The maximum absolute atomic E-state index is 12.5. The molecule has 0 unspecified atom stereocenters. The number of anilines is 1. The van der Waals surface area contributed by atoms with Crippen LogP contribution in [0.1, 0.15) is 21.7 Å². The lowest BCUT2D eigenvalue weighted by atomic mass is 10.1. The van der Waals surface area contributed by atoms with E-state index in [-0.39, 0.29) is 5.91 Å². The predicted octanol–water partition coefficient (Wildman–Crippen LogP) is 4.17. The van der Waals surface area contributed by atoms with E-state index in [9.17, 15) is 4.79 Å². The van der Waals surface area contributed by atoms with Gasteiger partial charge < -0.3 is 14.2 Å². The molecule has 1 amide bonds. The van der Waals surface area contributed by atoms with Gasteiger partial charge in [-0.25, -0.2) is 4.98 Å². The Kier molecular flexibility index (Phi) is 4.44. The Labute approximate surface area is 160 Å². The fourth-order valence-corrected chi connectivity index (χ4v) is 3.74. The molecule has 6 heteroatoms. The number of carbonyl (C=O) groups is 1. The Morgan fingerprint density at radius 3 is 2.54 bits per heavy atom. The van der Waals surface area contributed by atoms with E-state index >= 15 is 0 Å². The Balaban J connectivity index is 1.52. The molecule has 4 rings (SSSR count). The van der Waals surface area contributed by atoms with Crippen molar-refractivity contribution in [1.82, 2.24) is 9.88 Å². The summed E-state index contributed by atoms with van der Waals surface area (Å²) in [6.07, 6.45) is 0. The number of aryl methyl sites for hydroxylation is 2. The first-order valence-corrected chi connectivity index (χ1v) is 9.49. The quantitative estimate of drug-likeness (QED) is 0.632. The van der Waals surface area contributed by atoms with Crippen LogP contribution in [0.25, 0.3) is 10.9 Å². The number of hydrogen-bond acceptors (Lipinski definition) is 4. The number of aromatic nitrogens is 1. The maximum Gasteiger partial charge on any atom is 0.289 e. The maximum atomic E-state index is 12.5. The first-order chi connectivity index (χ1) is 12.5. The molecule has 26 heavy (non-hydrogen) atoms. The number of rotatable bonds is 2. The number of pyridine rings is 1. The van der Waals surface area contributed by atoms with Gasteiger partial charge in [0.15, 0.2) is 10.4 Å². The topological polar surface area (TPSA) is 49.6 Å². The van der Waals surface area contributed by atoms with Crippen LogP contribution in [-0.4, -0.2) is 42.0 Å². The van der Waals surface area contributed by atoms with Gasteiger partial charge in [-0.05, 0) is 59.1 Å². The number of carbonyl (C=O) groups excluding carboxylic acids is 1. The molecule has 0 atom stereocenters. The lowest BCUT2D eigenvalue weighted by molar-refractivity contribution is 0.0713. The highest BCUT2D eigenvalue weighted by Crippen LogP contribution is 2.25. The van der Waals surface area contributed by atoms with Gasteiger partial charge in [-0.1, -0.05) is 18.2 Å². The minimum Gasteiger partial charge on any atom is -0.444 e. The monoisotopic (exact) mass is 413 g/mol. The van der Waals surface area contributed by atoms with Crippen LogP contribution in [0.2, 0.25) is 0 Å². The summed E-state index contributed by atoms with van der Waals surface area (Å²) in [5.41, 5.74) is 3.47. The molecule has 1 aliphatic rings. The number of furan rings is 1. The Bertz CT molecular complexity index is 974. The fraction of sp³-hybridized carbons (Fsp3) is 0.300. The molecule has 2 aromatic heterocycles. The van der Waals surface area contributed by atoms with Crippen LogP contribution >= 0.6 is 15.9 Å². The average molecular weight is 414 g/mol. The molecule has 5 nitrogen and oxygen atoms in total. The van der Waals surface area contributed by atoms with Crippen molar-refractivity contribution >= 4 is 38.6 Å². The Hall–Kier alpha value is -2.34. The molecule has 0 saturated carbocycles. The van der Waals surface area contributed by atoms with Crippen molar-refractivity contribution in [2.75, 3.05) is 31.1 Å². The van der Waals surface area contributed by atoms with Gasteiger partial charge >= 0.3 is 0 Å². The zero-order valence-electron chi connectivity index (χ0n) is 14.8. The normalized spacial score (nSPS) is 14.9. The van der Waals surface area contributed by atoms with Crippen LogP contribution in [0.3, 0.4) is 0 Å². The second-order valence-electron chi connectivity index (χ2n) is 6.65. The standard InChI is InChI=1S/C20H20BrN3O2/c1-13-4-3-5-15-14(2)12-18(22-19(13)15)23-8-10-24(11-9-23)20(25)16-6-7-17(21)26-16/h3-7,12H,8-11H2,1-2H3. The highest BCUT2D eigenvalue weighted by atomic mass is 79.9. The molecule has 0 spiro atoms. The number of para-hydroxylation sites is 1. The van der Waals surface area contributed by atoms with E-state index in [1.165, 1.54) is 16.5 Å². The van der Waals surface area contributed by atoms with Crippen LogP contribution in [0.15, 0.2) is 45.5 Å². The summed E-state index contributed by atoms with van der Waals surface area (Å²) in [5, 5.41) is 1.20. The van der Waals surface area contributed by atoms with Gasteiger partial charge in [0.25, 0.3) is 5.91 Å². The molecule has 1 saturated heterocycles. The van der Waals surface area contributed by atoms with Crippen molar-refractivity contribution < 1.29 is 9.21 Å². The second-order valence-corrected chi connectivity index (χ2v) is 7.43. The number of amides is 1. The lowest BCUT2D eigenvalue weighted by Gasteiger charge is -2.35. The third kappa shape index (κ3) is 3.09. The summed E-state index contributed by atoms with van der Waals surface area (Å²) < 4.78 is 5.96. The summed E-state index contributed by atoms with van der Waals surface area (Å²) in [6.45, 7) is 7.06. The van der Waals surface area contributed by atoms with Gasteiger partial charge in [-0.2, -0.15) is 0 Å². The van der Waals surface area contributed by atoms with E-state index in [0.29, 0.717) is 23.5 Å². The van der Waals surface area contributed by atoms with Crippen molar-refractivity contribution in [2.45, 2.75) is 13.8 Å². The number of nitrogens with zero attached hydrogens (tertiary/aromatic N) is 3. The van der Waals surface area contributed by atoms with Gasteiger partial charge in [-0.15, -0.1) is 0 Å². The van der Waals surface area contributed by atoms with E-state index in [2.05, 4.69) is 58.9 Å². The third-order valence-corrected chi connectivity index (χ3v) is 5.34. The average Bonchev–Trinajstić information content (AvgIpc) is 3.08. The van der Waals surface area contributed by atoms with Crippen molar-refractivity contribution in [1.29, 1.82) is 0 Å². The van der Waals surface area contributed by atoms with Gasteiger partial charge in [0.2, 0.25) is 0 Å². The van der Waals surface area contributed by atoms with Gasteiger partial charge in [-0.3, -0.25) is 4.79 Å². The highest BCUT2D eigenvalue weighted by molar-refractivity contribution is 9.10. The molecule has 0 bridgehead atoms. The summed E-state index contributed by atoms with van der Waals surface area (Å²) in [4.78, 5) is 21.5. The number of fused-ring (bicyclic) bond motifs is 1. The number of halogens is 1. The van der Waals surface area contributed by atoms with E-state index in [0.717, 1.165) is 24.4 Å². The van der Waals surface area contributed by atoms with Crippen LogP contribution in [0.5, 0.6) is 0 Å². The largest absolute Gasteiger partial charge is 0.444 e. The second kappa shape index (κ2) is 6.76. The van der Waals surface area contributed by atoms with E-state index < -0.39 is 0 Å². The van der Waals surface area contributed by atoms with E-state index in [1.807, 2.05) is 4.90 Å². The fourth-order valence-electron chi connectivity index (χ4n) is 3.43. The highest BCUT2D eigenvalue weighted by Gasteiger charge is 2.25. The summed E-state index contributed by atoms with van der Waals surface area (Å²) in [7, 11) is 0. The minimum atomic E-state index is -0.0613. The minimum absolute atomic E-state index is 0.0613. The number of hydrogen-bond donors (Lipinski definition) is 0. The van der Waals surface area contributed by atoms with Crippen molar-refractivity contribution in [3.63, 3.8) is 0 Å². The third-order valence-electron chi connectivity index (χ3n) is 4.91. The predicted molar refractivity (Wildman–Crippen MR) is 106 cm³/mol. The summed E-state index contributed by atoms with van der Waals surface area (Å²) in [5.74, 6) is 1.30. The molecule has 1 aliphatic heterocycles. The molecule has 0 aliphatic carbocycles. The van der Waals surface area contributed by atoms with Crippen molar-refractivity contribution in [3.8, 4) is 0 Å². The van der Waals surface area contributed by atoms with Crippen molar-refractivity contribution in [2.24, 2.45) is 0 Å². The molecule has 3 aromatic rings. The summed E-state index contributed by atoms with van der Waals surface area (Å²) >= 11 is 3.24. The first-order valence-electron chi connectivity index (χ1n) is 8.69. The molecule has 1 fully saturated rings. The van der Waals surface area contributed by atoms with Crippen LogP contribution in [-0.2, 0) is 0 Å². The van der Waals surface area contributed by atoms with Gasteiger partial charge in [0.05, 0.1) is 5.52 Å². The van der Waals surface area contributed by atoms with Crippen molar-refractivity contribution in [3.05, 3.63) is 58.0 Å². The number of benzene rings is 1. The zero-order valence-corrected chi connectivity index (χ0v) is 16.4. The molecular formula is C20H20BrN3O2. The Morgan fingerprint density at radius 2 is 1.85 bits per heavy atom. The van der Waals surface area contributed by atoms with Crippen LogP contribution < -0.4 is 4.90 Å². The van der Waals surface area contributed by atoms with Crippen LogP contribution in [0.4, 0.5) is 5.82 Å². The molecular weight excluding hydrogens is 394 g/mol. The van der Waals surface area contributed by atoms with Gasteiger partial charge in [0.1, 0.15) is 5.82 Å². The van der Waals surface area contributed by atoms with Crippen LogP contribution in [0, 0.1) is 13.8 Å². The molecule has 134 valence electrons. The SMILES string of the molecule is Cc1cc(N2CCN(C(=O)c3ccc(Br)o3)CC2)nc2c(C)cccc12. The summed E-state index contributed by atoms with van der Waals surface area (Å²) in [6, 6.07) is 11.9. The molecule has 0 N–H and O–H groups in total. The van der Waals surface area contributed by atoms with E-state index in [1.54, 1.807) is 12.1 Å². The van der Waals surface area contributed by atoms with E-state index in [4.69, 9.17) is 9.40 Å². The molecule has 0 radical (unpaired) electrons. The molecule has 3 heterocycles. The number of piperazine rings is 1. The first kappa shape index (κ1) is 17.1.